The van der Waals surface area contributed by atoms with Crippen LogP contribution in [-0.4, -0.2) is 0 Å². The van der Waals surface area contributed by atoms with Crippen molar-refractivity contribution in [2.75, 3.05) is 4.90 Å². The summed E-state index contributed by atoms with van der Waals surface area (Å²) in [6.45, 7) is 0. The number of para-hydroxylation sites is 1. The number of hydrogen-bond acceptors (Lipinski definition) is 2. The SMILES string of the molecule is c1ccc(-c2cc3ccccc3o2)c(-c2ccc(-c3ccc(N(c4ccc(-c5ccc6c(ccc7ccccc76)c5)cc4)c4cc5ccccc5c5ccccc45)cc3)cc2)c1. The maximum Gasteiger partial charge on any atom is 0.136 e. The van der Waals surface area contributed by atoms with Crippen LogP contribution in [0.3, 0.4) is 0 Å². The predicted molar refractivity (Wildman–Crippen MR) is 263 cm³/mol. The average molecular weight is 790 g/mol. The molecule has 11 aromatic carbocycles. The van der Waals surface area contributed by atoms with E-state index in [9.17, 15) is 0 Å². The highest BCUT2D eigenvalue weighted by molar-refractivity contribution is 6.15. The number of nitrogens with zero attached hydrogens (tertiary/aromatic N) is 1. The van der Waals surface area contributed by atoms with Gasteiger partial charge in [-0.15, -0.1) is 0 Å². The zero-order valence-electron chi connectivity index (χ0n) is 33.9. The van der Waals surface area contributed by atoms with Gasteiger partial charge in [0, 0.05) is 27.7 Å². The number of benzene rings is 11. The van der Waals surface area contributed by atoms with Crippen molar-refractivity contribution >= 4 is 71.1 Å². The number of anilines is 3. The molecule has 0 fully saturated rings. The lowest BCUT2D eigenvalue weighted by atomic mass is 9.95. The summed E-state index contributed by atoms with van der Waals surface area (Å²) in [5, 5.41) is 11.1. The highest BCUT2D eigenvalue weighted by atomic mass is 16.3. The summed E-state index contributed by atoms with van der Waals surface area (Å²) >= 11 is 0. The molecule has 0 aliphatic heterocycles. The highest BCUT2D eigenvalue weighted by Crippen LogP contribution is 2.43. The van der Waals surface area contributed by atoms with Crippen LogP contribution in [0.15, 0.2) is 241 Å². The molecule has 12 rings (SSSR count). The summed E-state index contributed by atoms with van der Waals surface area (Å²) in [7, 11) is 0. The van der Waals surface area contributed by atoms with Crippen LogP contribution in [-0.2, 0) is 0 Å². The van der Waals surface area contributed by atoms with Crippen LogP contribution >= 0.6 is 0 Å². The third-order valence-corrected chi connectivity index (χ3v) is 12.5. The molecule has 0 amide bonds. The summed E-state index contributed by atoms with van der Waals surface area (Å²) in [5.41, 5.74) is 12.3. The molecule has 62 heavy (non-hydrogen) atoms. The maximum atomic E-state index is 6.30. The van der Waals surface area contributed by atoms with E-state index in [1.54, 1.807) is 0 Å². The Kier molecular flexibility index (Phi) is 8.53. The first-order valence-corrected chi connectivity index (χ1v) is 21.2. The molecule has 0 unspecified atom stereocenters. The maximum absolute atomic E-state index is 6.30. The third kappa shape index (κ3) is 6.20. The smallest absolute Gasteiger partial charge is 0.136 e. The first-order chi connectivity index (χ1) is 30.7. The van der Waals surface area contributed by atoms with Crippen molar-refractivity contribution in [3.8, 4) is 44.7 Å². The van der Waals surface area contributed by atoms with E-state index < -0.39 is 0 Å². The predicted octanol–water partition coefficient (Wildman–Crippen LogP) is 17.2. The van der Waals surface area contributed by atoms with Crippen molar-refractivity contribution in [1.82, 2.24) is 0 Å². The van der Waals surface area contributed by atoms with Crippen molar-refractivity contribution in [3.05, 3.63) is 237 Å². The quantitative estimate of drug-likeness (QED) is 0.150. The summed E-state index contributed by atoms with van der Waals surface area (Å²) in [5.74, 6) is 0.877. The minimum absolute atomic E-state index is 0.877. The van der Waals surface area contributed by atoms with Crippen molar-refractivity contribution in [2.45, 2.75) is 0 Å². The lowest BCUT2D eigenvalue weighted by Crippen LogP contribution is -2.10. The second-order valence-electron chi connectivity index (χ2n) is 16.1. The lowest BCUT2D eigenvalue weighted by Gasteiger charge is -2.28. The largest absolute Gasteiger partial charge is 0.456 e. The normalized spacial score (nSPS) is 11.5. The first kappa shape index (κ1) is 35.7. The Morgan fingerprint density at radius 2 is 0.742 bits per heavy atom. The van der Waals surface area contributed by atoms with E-state index in [4.69, 9.17) is 4.42 Å². The average Bonchev–Trinajstić information content (AvgIpc) is 3.79. The minimum atomic E-state index is 0.877. The van der Waals surface area contributed by atoms with Crippen LogP contribution < -0.4 is 4.90 Å². The first-order valence-electron chi connectivity index (χ1n) is 21.2. The van der Waals surface area contributed by atoms with E-state index in [2.05, 4.69) is 223 Å². The van der Waals surface area contributed by atoms with E-state index in [-0.39, 0.29) is 0 Å². The van der Waals surface area contributed by atoms with Gasteiger partial charge in [-0.3, -0.25) is 0 Å². The molecule has 1 heterocycles. The topological polar surface area (TPSA) is 16.4 Å². The number of furan rings is 1. The number of fused-ring (bicyclic) bond motifs is 7. The van der Waals surface area contributed by atoms with Gasteiger partial charge in [-0.25, -0.2) is 0 Å². The fraction of sp³-hybridized carbons (Fsp3) is 0. The lowest BCUT2D eigenvalue weighted by molar-refractivity contribution is 0.632. The van der Waals surface area contributed by atoms with Crippen LogP contribution in [0.2, 0.25) is 0 Å². The van der Waals surface area contributed by atoms with Crippen LogP contribution in [0.4, 0.5) is 17.1 Å². The summed E-state index contributed by atoms with van der Waals surface area (Å²) in [6.07, 6.45) is 0. The van der Waals surface area contributed by atoms with Crippen LogP contribution in [0.5, 0.6) is 0 Å². The van der Waals surface area contributed by atoms with Gasteiger partial charge >= 0.3 is 0 Å². The van der Waals surface area contributed by atoms with Crippen LogP contribution in [0.25, 0.3) is 98.8 Å². The molecule has 0 N–H and O–H groups in total. The monoisotopic (exact) mass is 789 g/mol. The second-order valence-corrected chi connectivity index (χ2v) is 16.1. The molecule has 0 atom stereocenters. The van der Waals surface area contributed by atoms with Gasteiger partial charge in [0.05, 0.1) is 5.69 Å². The molecule has 290 valence electrons. The Balaban J connectivity index is 0.913. The fourth-order valence-corrected chi connectivity index (χ4v) is 9.35. The van der Waals surface area contributed by atoms with E-state index in [1.807, 2.05) is 18.2 Å². The van der Waals surface area contributed by atoms with Gasteiger partial charge in [0.2, 0.25) is 0 Å². The van der Waals surface area contributed by atoms with Gasteiger partial charge in [0.25, 0.3) is 0 Å². The molecule has 12 aromatic rings. The van der Waals surface area contributed by atoms with E-state index in [1.165, 1.54) is 54.2 Å². The zero-order valence-corrected chi connectivity index (χ0v) is 33.9. The second kappa shape index (κ2) is 14.8. The molecule has 0 aliphatic rings. The zero-order chi connectivity index (χ0) is 41.0. The van der Waals surface area contributed by atoms with E-state index in [0.717, 1.165) is 61.6 Å². The van der Waals surface area contributed by atoms with Crippen molar-refractivity contribution in [1.29, 1.82) is 0 Å². The fourth-order valence-electron chi connectivity index (χ4n) is 9.35. The summed E-state index contributed by atoms with van der Waals surface area (Å²) < 4.78 is 6.30. The van der Waals surface area contributed by atoms with Gasteiger partial charge in [-0.2, -0.15) is 0 Å². The van der Waals surface area contributed by atoms with Crippen molar-refractivity contribution in [3.63, 3.8) is 0 Å². The Morgan fingerprint density at radius 1 is 0.274 bits per heavy atom. The molecule has 2 nitrogen and oxygen atoms in total. The van der Waals surface area contributed by atoms with Gasteiger partial charge in [-0.05, 0) is 120 Å². The Labute approximate surface area is 360 Å². The van der Waals surface area contributed by atoms with Crippen molar-refractivity contribution < 1.29 is 4.42 Å². The van der Waals surface area contributed by atoms with Gasteiger partial charge in [-0.1, -0.05) is 188 Å². The summed E-state index contributed by atoms with van der Waals surface area (Å²) in [6, 6.07) is 85.5. The van der Waals surface area contributed by atoms with E-state index >= 15 is 0 Å². The number of hydrogen-bond donors (Lipinski definition) is 0. The third-order valence-electron chi connectivity index (χ3n) is 12.5. The minimum Gasteiger partial charge on any atom is -0.456 e. The van der Waals surface area contributed by atoms with Crippen molar-refractivity contribution in [2.24, 2.45) is 0 Å². The Morgan fingerprint density at radius 3 is 1.45 bits per heavy atom. The van der Waals surface area contributed by atoms with E-state index in [0.29, 0.717) is 0 Å². The van der Waals surface area contributed by atoms with Gasteiger partial charge < -0.3 is 9.32 Å². The Bertz CT molecular complexity index is 3580. The molecule has 2 heteroatoms. The molecule has 0 spiro atoms. The standard InChI is InChI=1S/C60H39NO/c1-4-14-51-43(11-1)25-26-47-37-45(31-36-54(47)51)42-29-34-50(35-30-42)61(58-38-46-12-2-5-16-53(46)55-17-7-8-18-56(55)58)49-32-27-41(28-33-49)40-21-23-44(24-22-40)52-15-6-9-19-57(52)60-39-48-13-3-10-20-59(48)62-60/h1-39H. The highest BCUT2D eigenvalue weighted by Gasteiger charge is 2.18. The molecular formula is C60H39NO. The molecule has 0 bridgehead atoms. The molecule has 0 saturated carbocycles. The molecule has 0 aliphatic carbocycles. The Hall–Kier alpha value is -8.20. The number of rotatable bonds is 7. The van der Waals surface area contributed by atoms with Gasteiger partial charge in [0.15, 0.2) is 0 Å². The molecule has 0 radical (unpaired) electrons. The van der Waals surface area contributed by atoms with Crippen LogP contribution in [0, 0.1) is 0 Å². The van der Waals surface area contributed by atoms with Gasteiger partial charge in [0.1, 0.15) is 11.3 Å². The van der Waals surface area contributed by atoms with Crippen LogP contribution in [0.1, 0.15) is 0 Å². The molecular weight excluding hydrogens is 751 g/mol. The molecule has 1 aromatic heterocycles. The molecule has 0 saturated heterocycles. The summed E-state index contributed by atoms with van der Waals surface area (Å²) in [4.78, 5) is 2.41.